The highest BCUT2D eigenvalue weighted by molar-refractivity contribution is 5.45. The van der Waals surface area contributed by atoms with E-state index in [1.54, 1.807) is 12.4 Å². The summed E-state index contributed by atoms with van der Waals surface area (Å²) in [5.41, 5.74) is 7.13. The fraction of sp³-hybridized carbons (Fsp3) is 0.214. The summed E-state index contributed by atoms with van der Waals surface area (Å²) in [4.78, 5) is 11.0. The molecule has 1 aromatic carbocycles. The maximum atomic E-state index is 11.0. The summed E-state index contributed by atoms with van der Waals surface area (Å²) in [7, 11) is 0. The Morgan fingerprint density at radius 2 is 1.89 bits per heavy atom. The van der Waals surface area contributed by atoms with Gasteiger partial charge in [0, 0.05) is 37.1 Å². The average Bonchev–Trinajstić information content (AvgIpc) is 2.88. The first-order valence-electron chi connectivity index (χ1n) is 6.03. The third-order valence-electron chi connectivity index (χ3n) is 3.09. The molecule has 1 unspecified atom stereocenters. The summed E-state index contributed by atoms with van der Waals surface area (Å²) in [6.45, 7) is 0.855. The normalized spacial score (nSPS) is 14.4. The monoisotopic (exact) mass is 258 g/mol. The SMILES string of the molecule is NC(Cn1ccc(=O)cc1)c1ccc2c(c1)OCO2. The van der Waals surface area contributed by atoms with Gasteiger partial charge >= 0.3 is 0 Å². The van der Waals surface area contributed by atoms with Gasteiger partial charge in [0.15, 0.2) is 16.9 Å². The number of hydrogen-bond acceptors (Lipinski definition) is 4. The standard InChI is InChI=1S/C14H14N2O3/c15-12(8-16-5-3-11(17)4-6-16)10-1-2-13-14(7-10)19-9-18-13/h1-7,12H,8-9,15H2. The van der Waals surface area contributed by atoms with Crippen molar-refractivity contribution >= 4 is 0 Å². The molecule has 2 heterocycles. The van der Waals surface area contributed by atoms with Gasteiger partial charge in [-0.1, -0.05) is 6.07 Å². The van der Waals surface area contributed by atoms with Crippen LogP contribution < -0.4 is 20.6 Å². The van der Waals surface area contributed by atoms with Crippen LogP contribution >= 0.6 is 0 Å². The van der Waals surface area contributed by atoms with Gasteiger partial charge in [-0.15, -0.1) is 0 Å². The molecule has 0 amide bonds. The second kappa shape index (κ2) is 4.78. The lowest BCUT2D eigenvalue weighted by Crippen LogP contribution is -2.18. The molecule has 5 nitrogen and oxygen atoms in total. The number of nitrogens with zero attached hydrogens (tertiary/aromatic N) is 1. The molecule has 0 radical (unpaired) electrons. The minimum Gasteiger partial charge on any atom is -0.454 e. The van der Waals surface area contributed by atoms with Crippen molar-refractivity contribution in [1.82, 2.24) is 4.57 Å². The van der Waals surface area contributed by atoms with E-state index in [9.17, 15) is 4.79 Å². The molecule has 1 aromatic heterocycles. The largest absolute Gasteiger partial charge is 0.454 e. The van der Waals surface area contributed by atoms with E-state index in [2.05, 4.69) is 0 Å². The van der Waals surface area contributed by atoms with Gasteiger partial charge < -0.3 is 19.8 Å². The summed E-state index contributed by atoms with van der Waals surface area (Å²) in [5, 5.41) is 0. The van der Waals surface area contributed by atoms with E-state index in [-0.39, 0.29) is 18.3 Å². The maximum Gasteiger partial charge on any atom is 0.231 e. The zero-order valence-corrected chi connectivity index (χ0v) is 10.3. The molecule has 2 N–H and O–H groups in total. The van der Waals surface area contributed by atoms with Crippen LogP contribution in [0.25, 0.3) is 0 Å². The Bertz CT molecular complexity index is 631. The van der Waals surface area contributed by atoms with Crippen molar-refractivity contribution in [3.8, 4) is 11.5 Å². The molecular weight excluding hydrogens is 244 g/mol. The Balaban J connectivity index is 1.78. The van der Waals surface area contributed by atoms with E-state index in [1.807, 2.05) is 22.8 Å². The molecule has 1 atom stereocenters. The zero-order valence-electron chi connectivity index (χ0n) is 10.3. The summed E-state index contributed by atoms with van der Waals surface area (Å²) in [5.74, 6) is 1.48. The van der Waals surface area contributed by atoms with E-state index in [0.29, 0.717) is 6.54 Å². The quantitative estimate of drug-likeness (QED) is 0.900. The smallest absolute Gasteiger partial charge is 0.231 e. The van der Waals surface area contributed by atoms with Gasteiger partial charge in [0.05, 0.1) is 0 Å². The van der Waals surface area contributed by atoms with Crippen molar-refractivity contribution < 1.29 is 9.47 Å². The fourth-order valence-electron chi connectivity index (χ4n) is 2.04. The second-order valence-electron chi connectivity index (χ2n) is 4.45. The third kappa shape index (κ3) is 2.46. The molecule has 2 aromatic rings. The van der Waals surface area contributed by atoms with E-state index in [0.717, 1.165) is 17.1 Å². The van der Waals surface area contributed by atoms with Crippen molar-refractivity contribution in [3.63, 3.8) is 0 Å². The Morgan fingerprint density at radius 3 is 2.68 bits per heavy atom. The number of ether oxygens (including phenoxy) is 2. The lowest BCUT2D eigenvalue weighted by Gasteiger charge is -2.14. The molecule has 5 heteroatoms. The van der Waals surface area contributed by atoms with E-state index < -0.39 is 0 Å². The predicted octanol–water partition coefficient (Wildman–Crippen LogP) is 1.28. The first-order chi connectivity index (χ1) is 9.22. The number of pyridine rings is 1. The molecular formula is C14H14N2O3. The molecule has 0 saturated carbocycles. The van der Waals surface area contributed by atoms with Crippen LogP contribution in [0.4, 0.5) is 0 Å². The second-order valence-corrected chi connectivity index (χ2v) is 4.45. The van der Waals surface area contributed by atoms with Gasteiger partial charge in [0.1, 0.15) is 0 Å². The molecule has 0 aliphatic carbocycles. The van der Waals surface area contributed by atoms with Crippen LogP contribution in [0.2, 0.25) is 0 Å². The molecule has 0 spiro atoms. The van der Waals surface area contributed by atoms with Crippen LogP contribution in [0.15, 0.2) is 47.5 Å². The Morgan fingerprint density at radius 1 is 1.16 bits per heavy atom. The van der Waals surface area contributed by atoms with Crippen LogP contribution in [0.3, 0.4) is 0 Å². The fourth-order valence-corrected chi connectivity index (χ4v) is 2.04. The Labute approximate surface area is 110 Å². The van der Waals surface area contributed by atoms with Gasteiger partial charge in [-0.2, -0.15) is 0 Å². The molecule has 0 fully saturated rings. The predicted molar refractivity (Wildman–Crippen MR) is 70.2 cm³/mol. The van der Waals surface area contributed by atoms with Crippen LogP contribution in [-0.4, -0.2) is 11.4 Å². The lowest BCUT2D eigenvalue weighted by atomic mass is 10.1. The molecule has 3 rings (SSSR count). The minimum absolute atomic E-state index is 0.00657. The molecule has 1 aliphatic heterocycles. The van der Waals surface area contributed by atoms with Gasteiger partial charge in [0.25, 0.3) is 0 Å². The number of rotatable bonds is 3. The summed E-state index contributed by atoms with van der Waals surface area (Å²) >= 11 is 0. The molecule has 1 aliphatic rings. The molecule has 19 heavy (non-hydrogen) atoms. The maximum absolute atomic E-state index is 11.0. The highest BCUT2D eigenvalue weighted by Gasteiger charge is 2.15. The van der Waals surface area contributed by atoms with Crippen LogP contribution in [0, 0.1) is 0 Å². The van der Waals surface area contributed by atoms with Crippen molar-refractivity contribution in [3.05, 3.63) is 58.5 Å². The Kier molecular flexibility index (Phi) is 2.97. The summed E-state index contributed by atoms with van der Waals surface area (Å²) in [6.07, 6.45) is 3.46. The zero-order chi connectivity index (χ0) is 13.2. The van der Waals surface area contributed by atoms with Crippen molar-refractivity contribution in [2.75, 3.05) is 6.79 Å². The highest BCUT2D eigenvalue weighted by atomic mass is 16.7. The third-order valence-corrected chi connectivity index (χ3v) is 3.09. The average molecular weight is 258 g/mol. The van der Waals surface area contributed by atoms with Crippen LogP contribution in [-0.2, 0) is 6.54 Å². The van der Waals surface area contributed by atoms with Gasteiger partial charge in [-0.25, -0.2) is 0 Å². The number of benzene rings is 1. The van der Waals surface area contributed by atoms with Gasteiger partial charge in [-0.05, 0) is 17.7 Å². The molecule has 0 saturated heterocycles. The number of hydrogen-bond donors (Lipinski definition) is 1. The lowest BCUT2D eigenvalue weighted by molar-refractivity contribution is 0.174. The van der Waals surface area contributed by atoms with Gasteiger partial charge in [-0.3, -0.25) is 4.79 Å². The Hall–Kier alpha value is -2.27. The molecule has 0 bridgehead atoms. The van der Waals surface area contributed by atoms with Gasteiger partial charge in [0.2, 0.25) is 6.79 Å². The number of aromatic nitrogens is 1. The van der Waals surface area contributed by atoms with Crippen molar-refractivity contribution in [2.45, 2.75) is 12.6 Å². The summed E-state index contributed by atoms with van der Waals surface area (Å²) in [6, 6.07) is 8.56. The first kappa shape index (κ1) is 11.8. The minimum atomic E-state index is -0.169. The number of nitrogens with two attached hydrogens (primary N) is 1. The van der Waals surface area contributed by atoms with Crippen molar-refractivity contribution in [1.29, 1.82) is 0 Å². The topological polar surface area (TPSA) is 66.5 Å². The van der Waals surface area contributed by atoms with Crippen LogP contribution in [0.1, 0.15) is 11.6 Å². The first-order valence-corrected chi connectivity index (χ1v) is 6.03. The molecule has 98 valence electrons. The highest BCUT2D eigenvalue weighted by Crippen LogP contribution is 2.33. The van der Waals surface area contributed by atoms with E-state index >= 15 is 0 Å². The van der Waals surface area contributed by atoms with Crippen LogP contribution in [0.5, 0.6) is 11.5 Å². The summed E-state index contributed by atoms with van der Waals surface area (Å²) < 4.78 is 12.5. The number of fused-ring (bicyclic) bond motifs is 1. The van der Waals surface area contributed by atoms with Crippen molar-refractivity contribution in [2.24, 2.45) is 5.73 Å². The van der Waals surface area contributed by atoms with E-state index in [1.165, 1.54) is 12.1 Å². The van der Waals surface area contributed by atoms with E-state index in [4.69, 9.17) is 15.2 Å².